The van der Waals surface area contributed by atoms with Crippen molar-refractivity contribution in [2.24, 2.45) is 0 Å². The predicted molar refractivity (Wildman–Crippen MR) is 153 cm³/mol. The first kappa shape index (κ1) is 28.8. The van der Waals surface area contributed by atoms with E-state index in [-0.39, 0.29) is 5.92 Å². The Morgan fingerprint density at radius 1 is 1.00 bits per heavy atom. The fraction of sp³-hybridized carbons (Fsp3) is 0.571. The van der Waals surface area contributed by atoms with E-state index >= 15 is 0 Å². The molecule has 0 saturated carbocycles. The van der Waals surface area contributed by atoms with E-state index in [0.717, 1.165) is 57.5 Å². The molecule has 2 saturated heterocycles. The first-order valence-corrected chi connectivity index (χ1v) is 15.7. The van der Waals surface area contributed by atoms with Gasteiger partial charge in [0.25, 0.3) is 0 Å². The molecule has 2 aromatic rings. The van der Waals surface area contributed by atoms with Crippen molar-refractivity contribution in [3.05, 3.63) is 63.6 Å². The Bertz CT molecular complexity index is 1140. The van der Waals surface area contributed by atoms with Gasteiger partial charge in [0.2, 0.25) is 10.0 Å². The second-order valence-electron chi connectivity index (χ2n) is 10.3. The quantitative estimate of drug-likeness (QED) is 0.409. The third kappa shape index (κ3) is 7.07. The van der Waals surface area contributed by atoms with Crippen molar-refractivity contribution in [3.8, 4) is 0 Å². The number of nitrogens with one attached hydrogen (secondary N) is 2. The molecule has 1 unspecified atom stereocenters. The number of hydrogen-bond acceptors (Lipinski definition) is 5. The number of likely N-dealkylation sites (N-methyl/N-ethyl adjacent to an activating group) is 1. The van der Waals surface area contributed by atoms with Crippen LogP contribution in [0.5, 0.6) is 0 Å². The Kier molecular flexibility index (Phi) is 10.3. The number of nitrogens with zero attached hydrogens (tertiary/aromatic N) is 2. The molecule has 2 aliphatic rings. The highest BCUT2D eigenvalue weighted by molar-refractivity contribution is 7.89. The maximum atomic E-state index is 12.8. The van der Waals surface area contributed by atoms with Gasteiger partial charge in [0, 0.05) is 19.6 Å². The first-order chi connectivity index (χ1) is 17.8. The Labute approximate surface area is 232 Å². The summed E-state index contributed by atoms with van der Waals surface area (Å²) in [7, 11) is -0.0274. The molecule has 2 aliphatic heterocycles. The minimum Gasteiger partial charge on any atom is -0.319 e. The molecule has 0 aromatic heterocycles. The first-order valence-electron chi connectivity index (χ1n) is 13.4. The summed E-state index contributed by atoms with van der Waals surface area (Å²) in [5.74, 6) is 0.548. The van der Waals surface area contributed by atoms with Crippen LogP contribution in [0.3, 0.4) is 0 Å². The van der Waals surface area contributed by atoms with E-state index in [1.807, 2.05) is 37.4 Å². The number of hydrogen-bond donors (Lipinski definition) is 2. The maximum absolute atomic E-state index is 12.8. The minimum absolute atomic E-state index is 0.214. The molecule has 2 aromatic carbocycles. The summed E-state index contributed by atoms with van der Waals surface area (Å²) in [5, 5.41) is 4.53. The van der Waals surface area contributed by atoms with E-state index < -0.39 is 10.0 Å². The largest absolute Gasteiger partial charge is 0.319 e. The average molecular weight is 568 g/mol. The van der Waals surface area contributed by atoms with Crippen LogP contribution in [0, 0.1) is 0 Å². The lowest BCUT2D eigenvalue weighted by atomic mass is 9.86. The summed E-state index contributed by atoms with van der Waals surface area (Å²) in [6, 6.07) is 13.5. The molecule has 0 amide bonds. The number of sulfonamides is 1. The van der Waals surface area contributed by atoms with Crippen LogP contribution in [0.4, 0.5) is 0 Å². The SMILES string of the molecule is CNCC(CCN1CC[C@H](c2ccccc2S(=O)(=O)NC)C[C@H]1N1CCCCC1)c1ccc(Cl)c(Cl)c1. The van der Waals surface area contributed by atoms with Gasteiger partial charge in [-0.05, 0) is 100 Å². The molecular weight excluding hydrogens is 527 g/mol. The van der Waals surface area contributed by atoms with Gasteiger partial charge in [-0.2, -0.15) is 0 Å². The summed E-state index contributed by atoms with van der Waals surface area (Å²) < 4.78 is 28.1. The summed E-state index contributed by atoms with van der Waals surface area (Å²) in [4.78, 5) is 5.69. The highest BCUT2D eigenvalue weighted by atomic mass is 35.5. The van der Waals surface area contributed by atoms with E-state index in [4.69, 9.17) is 23.2 Å². The summed E-state index contributed by atoms with van der Waals surface area (Å²) in [6.45, 7) is 5.02. The third-order valence-corrected chi connectivity index (χ3v) is 10.3. The van der Waals surface area contributed by atoms with E-state index in [1.54, 1.807) is 6.07 Å². The van der Waals surface area contributed by atoms with Crippen molar-refractivity contribution < 1.29 is 8.42 Å². The van der Waals surface area contributed by atoms with Gasteiger partial charge in [-0.25, -0.2) is 13.1 Å². The molecule has 2 N–H and O–H groups in total. The molecule has 0 radical (unpaired) electrons. The molecule has 4 rings (SSSR count). The molecule has 6 nitrogen and oxygen atoms in total. The molecule has 0 aliphatic carbocycles. The van der Waals surface area contributed by atoms with Gasteiger partial charge in [-0.1, -0.05) is 53.9 Å². The molecule has 37 heavy (non-hydrogen) atoms. The van der Waals surface area contributed by atoms with Crippen molar-refractivity contribution in [2.45, 2.75) is 61.4 Å². The predicted octanol–water partition coefficient (Wildman–Crippen LogP) is 5.29. The molecule has 204 valence electrons. The number of likely N-dealkylation sites (tertiary alicyclic amines) is 2. The second-order valence-corrected chi connectivity index (χ2v) is 13.0. The summed E-state index contributed by atoms with van der Waals surface area (Å²) in [6.07, 6.45) is 6.96. The zero-order chi connectivity index (χ0) is 26.4. The van der Waals surface area contributed by atoms with E-state index in [1.165, 1.54) is 31.9 Å². The van der Waals surface area contributed by atoms with E-state index in [9.17, 15) is 8.42 Å². The second kappa shape index (κ2) is 13.2. The van der Waals surface area contributed by atoms with E-state index in [0.29, 0.717) is 27.0 Å². The smallest absolute Gasteiger partial charge is 0.240 e. The van der Waals surface area contributed by atoms with Crippen LogP contribution in [0.15, 0.2) is 47.4 Å². The molecule has 9 heteroatoms. The van der Waals surface area contributed by atoms with Gasteiger partial charge in [0.05, 0.1) is 21.1 Å². The van der Waals surface area contributed by atoms with Gasteiger partial charge < -0.3 is 5.32 Å². The normalized spacial score (nSPS) is 22.7. The van der Waals surface area contributed by atoms with Crippen LogP contribution in [0.25, 0.3) is 0 Å². The number of piperidine rings is 2. The van der Waals surface area contributed by atoms with Crippen LogP contribution in [-0.4, -0.2) is 71.2 Å². The Morgan fingerprint density at radius 2 is 1.76 bits per heavy atom. The van der Waals surface area contributed by atoms with Crippen molar-refractivity contribution >= 4 is 33.2 Å². The Morgan fingerprint density at radius 3 is 2.46 bits per heavy atom. The van der Waals surface area contributed by atoms with Crippen molar-refractivity contribution in [3.63, 3.8) is 0 Å². The van der Waals surface area contributed by atoms with Gasteiger partial charge in [-0.3, -0.25) is 9.80 Å². The van der Waals surface area contributed by atoms with Crippen LogP contribution < -0.4 is 10.0 Å². The molecule has 0 bridgehead atoms. The van der Waals surface area contributed by atoms with Crippen LogP contribution >= 0.6 is 23.2 Å². The highest BCUT2D eigenvalue weighted by Gasteiger charge is 2.35. The van der Waals surface area contributed by atoms with E-state index in [2.05, 4.69) is 25.9 Å². The van der Waals surface area contributed by atoms with Crippen molar-refractivity contribution in [1.29, 1.82) is 0 Å². The number of halogens is 2. The lowest BCUT2D eigenvalue weighted by Crippen LogP contribution is -2.54. The average Bonchev–Trinajstić information content (AvgIpc) is 2.93. The van der Waals surface area contributed by atoms with Gasteiger partial charge in [0.15, 0.2) is 0 Å². The molecule has 2 heterocycles. The standard InChI is InChI=1S/C28H40Cl2N4O2S/c1-31-20-23(21-10-11-25(29)26(30)18-21)13-17-34-16-12-22(19-28(34)33-14-6-3-7-15-33)24-8-4-5-9-27(24)37(35,36)32-2/h4-5,8-11,18,22-23,28,31-32H,3,6-7,12-17,19-20H2,1-2H3/t22-,23?,28-/m0/s1. The zero-order valence-electron chi connectivity index (χ0n) is 21.9. The molecule has 0 spiro atoms. The topological polar surface area (TPSA) is 64.7 Å². The Hall–Kier alpha value is -1.19. The fourth-order valence-electron chi connectivity index (χ4n) is 6.03. The van der Waals surface area contributed by atoms with Crippen LogP contribution in [0.1, 0.15) is 61.5 Å². The van der Waals surface area contributed by atoms with Gasteiger partial charge in [-0.15, -0.1) is 0 Å². The number of rotatable bonds is 10. The molecule has 2 fully saturated rings. The zero-order valence-corrected chi connectivity index (χ0v) is 24.3. The summed E-state index contributed by atoms with van der Waals surface area (Å²) >= 11 is 12.5. The maximum Gasteiger partial charge on any atom is 0.240 e. The molecular formula is C28H40Cl2N4O2S. The van der Waals surface area contributed by atoms with Crippen molar-refractivity contribution in [2.75, 3.05) is 46.8 Å². The number of benzene rings is 2. The molecule has 3 atom stereocenters. The van der Waals surface area contributed by atoms with Crippen molar-refractivity contribution in [1.82, 2.24) is 19.8 Å². The fourth-order valence-corrected chi connectivity index (χ4v) is 7.35. The van der Waals surface area contributed by atoms with Gasteiger partial charge >= 0.3 is 0 Å². The monoisotopic (exact) mass is 566 g/mol. The minimum atomic E-state index is -3.50. The highest BCUT2D eigenvalue weighted by Crippen LogP contribution is 2.37. The summed E-state index contributed by atoms with van der Waals surface area (Å²) in [5.41, 5.74) is 2.15. The van der Waals surface area contributed by atoms with Crippen LogP contribution in [0.2, 0.25) is 10.0 Å². The Balaban J connectivity index is 1.54. The lowest BCUT2D eigenvalue weighted by Gasteiger charge is -2.47. The van der Waals surface area contributed by atoms with Crippen LogP contribution in [-0.2, 0) is 10.0 Å². The lowest BCUT2D eigenvalue weighted by molar-refractivity contribution is -0.00580. The van der Waals surface area contributed by atoms with Gasteiger partial charge in [0.1, 0.15) is 0 Å². The third-order valence-electron chi connectivity index (χ3n) is 8.04.